The molecule has 1 fully saturated rings. The fraction of sp³-hybridized carbons (Fsp3) is 0.304. The van der Waals surface area contributed by atoms with Gasteiger partial charge in [0.15, 0.2) is 0 Å². The molecule has 0 atom stereocenters. The number of anilines is 1. The van der Waals surface area contributed by atoms with Gasteiger partial charge in [-0.05, 0) is 61.9 Å². The maximum Gasteiger partial charge on any atom is 0.328 e. The van der Waals surface area contributed by atoms with Crippen LogP contribution in [-0.2, 0) is 14.3 Å². The number of aryl methyl sites for hydroxylation is 1. The van der Waals surface area contributed by atoms with E-state index in [1.807, 2.05) is 32.0 Å². The lowest BCUT2D eigenvalue weighted by atomic mass is 9.95. The highest BCUT2D eigenvalue weighted by atomic mass is 16.5. The molecule has 2 aromatic rings. The molecule has 2 N–H and O–H groups in total. The minimum Gasteiger partial charge on any atom is -0.467 e. The summed E-state index contributed by atoms with van der Waals surface area (Å²) in [6, 6.07) is 11.2. The van der Waals surface area contributed by atoms with E-state index < -0.39 is 23.4 Å². The summed E-state index contributed by atoms with van der Waals surface area (Å²) in [7, 11) is 1.44. The maximum atomic E-state index is 12.5. The molecular formula is C23H26N4O6. The lowest BCUT2D eigenvalue weighted by Gasteiger charge is -2.34. The predicted octanol–water partition coefficient (Wildman–Crippen LogP) is 2.75. The number of rotatable bonds is 10. The Kier molecular flexibility index (Phi) is 7.29. The van der Waals surface area contributed by atoms with E-state index in [1.165, 1.54) is 7.11 Å². The van der Waals surface area contributed by atoms with Gasteiger partial charge in [0, 0.05) is 26.8 Å². The molecule has 0 unspecified atom stereocenters. The van der Waals surface area contributed by atoms with Crippen molar-refractivity contribution in [1.29, 1.82) is 0 Å². The molecule has 0 bridgehead atoms. The van der Waals surface area contributed by atoms with Gasteiger partial charge in [0.2, 0.25) is 0 Å². The Morgan fingerprint density at radius 2 is 1.61 bits per heavy atom. The first-order valence-electron chi connectivity index (χ1n) is 10.3. The van der Waals surface area contributed by atoms with Gasteiger partial charge in [0.25, 0.3) is 17.4 Å². The van der Waals surface area contributed by atoms with Crippen molar-refractivity contribution >= 4 is 30.3 Å². The number of urea groups is 1. The Morgan fingerprint density at radius 1 is 1.00 bits per heavy atom. The summed E-state index contributed by atoms with van der Waals surface area (Å²) in [5.74, 6) is -0.285. The van der Waals surface area contributed by atoms with Crippen LogP contribution in [0, 0.1) is 6.92 Å². The van der Waals surface area contributed by atoms with Crippen molar-refractivity contribution in [2.75, 3.05) is 25.3 Å². The van der Waals surface area contributed by atoms with E-state index in [-0.39, 0.29) is 18.8 Å². The summed E-state index contributed by atoms with van der Waals surface area (Å²) in [5.41, 5.74) is -0.0121. The zero-order valence-electron chi connectivity index (χ0n) is 18.7. The second-order valence-electron chi connectivity index (χ2n) is 7.29. The average molecular weight is 454 g/mol. The molecule has 0 saturated carbocycles. The highest BCUT2D eigenvalue weighted by Crippen LogP contribution is 2.31. The number of hydrazone groups is 1. The molecule has 1 heterocycles. The number of amides is 4. The van der Waals surface area contributed by atoms with Crippen LogP contribution in [0.1, 0.15) is 18.9 Å². The van der Waals surface area contributed by atoms with Crippen LogP contribution in [0.15, 0.2) is 47.6 Å². The standard InChI is InChI=1S/C23H26N4O6/c1-5-27(24-3)19-11-10-18(14-15(19)2)32-16-6-8-17(9-7-16)33-23(12-13-31-4)20(28)25-22(30)26-21(23)29/h6-11,14H,3,5,12-13H2,1-2,4H3,(H2,25,26,28,29,30). The first-order valence-corrected chi connectivity index (χ1v) is 10.3. The highest BCUT2D eigenvalue weighted by molar-refractivity contribution is 6.21. The summed E-state index contributed by atoms with van der Waals surface area (Å²) in [5, 5.41) is 9.92. The number of methoxy groups -OCH3 is 1. The SMILES string of the molecule is C=NN(CC)c1ccc(Oc2ccc(OC3(CCOC)C(=O)NC(=O)NC3=O)cc2)cc1C. The second kappa shape index (κ2) is 10.1. The van der Waals surface area contributed by atoms with Gasteiger partial charge in [-0.3, -0.25) is 25.2 Å². The maximum absolute atomic E-state index is 12.5. The van der Waals surface area contributed by atoms with Crippen molar-refractivity contribution in [1.82, 2.24) is 10.6 Å². The molecule has 0 aliphatic carbocycles. The number of carbonyl (C=O) groups is 3. The molecular weight excluding hydrogens is 428 g/mol. The van der Waals surface area contributed by atoms with Crippen molar-refractivity contribution in [3.8, 4) is 17.2 Å². The first-order chi connectivity index (χ1) is 15.8. The summed E-state index contributed by atoms with van der Waals surface area (Å²) >= 11 is 0. The number of hydrogen-bond donors (Lipinski definition) is 2. The van der Waals surface area contributed by atoms with Crippen molar-refractivity contribution < 1.29 is 28.6 Å². The van der Waals surface area contributed by atoms with Gasteiger partial charge in [-0.15, -0.1) is 0 Å². The van der Waals surface area contributed by atoms with Crippen LogP contribution in [0.2, 0.25) is 0 Å². The minimum absolute atomic E-state index is 0.0718. The van der Waals surface area contributed by atoms with Crippen LogP contribution in [-0.4, -0.2) is 50.4 Å². The summed E-state index contributed by atoms with van der Waals surface area (Å²) in [6.45, 7) is 8.29. The smallest absolute Gasteiger partial charge is 0.328 e. The Balaban J connectivity index is 1.76. The Labute approximate surface area is 191 Å². The molecule has 3 rings (SSSR count). The monoisotopic (exact) mass is 454 g/mol. The number of nitrogens with zero attached hydrogens (tertiary/aromatic N) is 2. The number of benzene rings is 2. The number of imide groups is 2. The molecule has 2 aromatic carbocycles. The number of hydrogen-bond acceptors (Lipinski definition) is 8. The van der Waals surface area contributed by atoms with Gasteiger partial charge in [0.05, 0.1) is 12.3 Å². The second-order valence-corrected chi connectivity index (χ2v) is 7.29. The van der Waals surface area contributed by atoms with Gasteiger partial charge < -0.3 is 14.2 Å². The fourth-order valence-corrected chi connectivity index (χ4v) is 3.40. The quantitative estimate of drug-likeness (QED) is 0.322. The van der Waals surface area contributed by atoms with E-state index in [9.17, 15) is 14.4 Å². The zero-order valence-corrected chi connectivity index (χ0v) is 18.7. The Hall–Kier alpha value is -3.92. The lowest BCUT2D eigenvalue weighted by molar-refractivity contribution is -0.153. The van der Waals surface area contributed by atoms with E-state index in [0.717, 1.165) is 11.3 Å². The molecule has 1 aliphatic rings. The topological polar surface area (TPSA) is 119 Å². The zero-order chi connectivity index (χ0) is 24.0. The van der Waals surface area contributed by atoms with Crippen LogP contribution in [0.3, 0.4) is 0 Å². The van der Waals surface area contributed by atoms with Crippen LogP contribution in [0.4, 0.5) is 10.5 Å². The van der Waals surface area contributed by atoms with Gasteiger partial charge >= 0.3 is 6.03 Å². The van der Waals surface area contributed by atoms with Crippen LogP contribution >= 0.6 is 0 Å². The molecule has 174 valence electrons. The van der Waals surface area contributed by atoms with Gasteiger partial charge in [-0.1, -0.05) is 0 Å². The number of ether oxygens (including phenoxy) is 3. The van der Waals surface area contributed by atoms with Crippen molar-refractivity contribution in [2.45, 2.75) is 25.9 Å². The van der Waals surface area contributed by atoms with Crippen LogP contribution in [0.25, 0.3) is 0 Å². The molecule has 1 saturated heterocycles. The molecule has 1 aliphatic heterocycles. The minimum atomic E-state index is -1.93. The Bertz CT molecular complexity index is 1030. The van der Waals surface area contributed by atoms with Gasteiger partial charge in [-0.25, -0.2) is 4.79 Å². The highest BCUT2D eigenvalue weighted by Gasteiger charge is 2.52. The first kappa shape index (κ1) is 23.7. The van der Waals surface area contributed by atoms with E-state index in [1.54, 1.807) is 29.3 Å². The van der Waals surface area contributed by atoms with E-state index >= 15 is 0 Å². The molecule has 0 aromatic heterocycles. The van der Waals surface area contributed by atoms with E-state index in [0.29, 0.717) is 18.0 Å². The lowest BCUT2D eigenvalue weighted by Crippen LogP contribution is -2.69. The number of nitrogens with one attached hydrogen (secondary N) is 2. The molecule has 0 radical (unpaired) electrons. The van der Waals surface area contributed by atoms with Crippen molar-refractivity contribution in [3.05, 3.63) is 48.0 Å². The van der Waals surface area contributed by atoms with Gasteiger partial charge in [0.1, 0.15) is 17.2 Å². The third-order valence-electron chi connectivity index (χ3n) is 5.11. The number of carbonyl (C=O) groups excluding carboxylic acids is 3. The van der Waals surface area contributed by atoms with Crippen LogP contribution < -0.4 is 25.1 Å². The van der Waals surface area contributed by atoms with Crippen molar-refractivity contribution in [3.63, 3.8) is 0 Å². The Morgan fingerprint density at radius 3 is 2.15 bits per heavy atom. The third kappa shape index (κ3) is 5.12. The van der Waals surface area contributed by atoms with Gasteiger partial charge in [-0.2, -0.15) is 5.10 Å². The molecule has 4 amide bonds. The molecule has 10 nitrogen and oxygen atoms in total. The van der Waals surface area contributed by atoms with E-state index in [4.69, 9.17) is 14.2 Å². The van der Waals surface area contributed by atoms with Crippen LogP contribution in [0.5, 0.6) is 17.2 Å². The fourth-order valence-electron chi connectivity index (χ4n) is 3.40. The average Bonchev–Trinajstić information content (AvgIpc) is 2.79. The summed E-state index contributed by atoms with van der Waals surface area (Å²) in [4.78, 5) is 36.4. The summed E-state index contributed by atoms with van der Waals surface area (Å²) < 4.78 is 16.7. The molecule has 0 spiro atoms. The predicted molar refractivity (Wildman–Crippen MR) is 122 cm³/mol. The van der Waals surface area contributed by atoms with E-state index in [2.05, 4.69) is 22.5 Å². The third-order valence-corrected chi connectivity index (χ3v) is 5.11. The largest absolute Gasteiger partial charge is 0.467 e. The molecule has 10 heteroatoms. The number of barbiturate groups is 1. The molecule has 33 heavy (non-hydrogen) atoms. The van der Waals surface area contributed by atoms with Crippen molar-refractivity contribution in [2.24, 2.45) is 5.10 Å². The normalized spacial score (nSPS) is 14.8. The summed E-state index contributed by atoms with van der Waals surface area (Å²) in [6.07, 6.45) is -0.0767.